The lowest BCUT2D eigenvalue weighted by atomic mass is 10.1. The fraction of sp³-hybridized carbons (Fsp3) is 0.417. The summed E-state index contributed by atoms with van der Waals surface area (Å²) in [7, 11) is -4.25. The molecule has 0 aliphatic heterocycles. The molecule has 0 aliphatic carbocycles. The summed E-state index contributed by atoms with van der Waals surface area (Å²) >= 11 is 5.70. The van der Waals surface area contributed by atoms with E-state index in [9.17, 15) is 8.96 Å². The van der Waals surface area contributed by atoms with Crippen LogP contribution in [-0.2, 0) is 19.0 Å². The molecule has 0 saturated heterocycles. The van der Waals surface area contributed by atoms with Crippen molar-refractivity contribution in [2.45, 2.75) is 19.3 Å². The van der Waals surface area contributed by atoms with E-state index in [1.165, 1.54) is 30.3 Å². The van der Waals surface area contributed by atoms with Crippen LogP contribution in [0.15, 0.2) is 24.3 Å². The summed E-state index contributed by atoms with van der Waals surface area (Å²) in [6.07, 6.45) is 0. The molecule has 0 aliphatic rings. The van der Waals surface area contributed by atoms with Gasteiger partial charge in [-0.3, -0.25) is 4.57 Å². The van der Waals surface area contributed by atoms with Crippen molar-refractivity contribution in [3.05, 3.63) is 34.9 Å². The minimum Gasteiger partial charge on any atom is -0.306 e. The van der Waals surface area contributed by atoms with Gasteiger partial charge in [0.25, 0.3) is 0 Å². The van der Waals surface area contributed by atoms with Crippen LogP contribution in [0.3, 0.4) is 0 Å². The Bertz CT molecular complexity index is 507. The maximum atomic E-state index is 14.9. The zero-order valence-corrected chi connectivity index (χ0v) is 12.2. The molecule has 1 aromatic rings. The van der Waals surface area contributed by atoms with Crippen molar-refractivity contribution in [1.82, 2.24) is 0 Å². The highest BCUT2D eigenvalue weighted by Crippen LogP contribution is 2.65. The van der Waals surface area contributed by atoms with Crippen LogP contribution in [0, 0.1) is 11.3 Å². The van der Waals surface area contributed by atoms with Crippen LogP contribution in [-0.4, -0.2) is 13.2 Å². The normalized spacial score (nSPS) is 14.7. The number of nitriles is 1. The fourth-order valence-electron chi connectivity index (χ4n) is 1.51. The zero-order valence-electron chi connectivity index (χ0n) is 10.6. The summed E-state index contributed by atoms with van der Waals surface area (Å²) in [5, 5.41) is 6.63. The first-order valence-corrected chi connectivity index (χ1v) is 7.61. The monoisotopic (exact) mass is 305 g/mol. The molecule has 0 fully saturated rings. The van der Waals surface area contributed by atoms with E-state index in [0.717, 1.165) is 0 Å². The van der Waals surface area contributed by atoms with E-state index in [2.05, 4.69) is 0 Å². The molecule has 19 heavy (non-hydrogen) atoms. The first kappa shape index (κ1) is 16.1. The lowest BCUT2D eigenvalue weighted by molar-refractivity contribution is 0.168. The summed E-state index contributed by atoms with van der Waals surface area (Å²) < 4.78 is 37.2. The van der Waals surface area contributed by atoms with Crippen LogP contribution in [0.2, 0.25) is 5.02 Å². The largest absolute Gasteiger partial charge is 0.386 e. The van der Waals surface area contributed by atoms with E-state index in [1.807, 2.05) is 0 Å². The molecular formula is C12H14ClFNO3P. The Balaban J connectivity index is 3.32. The molecule has 1 unspecified atom stereocenters. The predicted molar refractivity (Wildman–Crippen MR) is 70.7 cm³/mol. The van der Waals surface area contributed by atoms with Gasteiger partial charge in [0, 0.05) is 10.6 Å². The smallest absolute Gasteiger partial charge is 0.306 e. The first-order valence-electron chi connectivity index (χ1n) is 5.69. The van der Waals surface area contributed by atoms with Gasteiger partial charge in [0.2, 0.25) is 0 Å². The highest BCUT2D eigenvalue weighted by Gasteiger charge is 2.54. The van der Waals surface area contributed by atoms with Crippen LogP contribution in [0.4, 0.5) is 4.39 Å². The number of nitrogens with zero attached hydrogens (tertiary/aromatic N) is 1. The van der Waals surface area contributed by atoms with E-state index in [1.54, 1.807) is 13.8 Å². The lowest BCUT2D eigenvalue weighted by Gasteiger charge is -2.27. The maximum Gasteiger partial charge on any atom is 0.386 e. The standard InChI is InChI=1S/C12H14ClFNO3P/c1-3-17-19(16,18-4-2)12(14,9-15)10-5-7-11(13)8-6-10/h5-8H,3-4H2,1-2H3. The average molecular weight is 306 g/mol. The molecule has 0 spiro atoms. The summed E-state index contributed by atoms with van der Waals surface area (Å²) in [6, 6.07) is 6.79. The van der Waals surface area contributed by atoms with E-state index in [0.29, 0.717) is 5.02 Å². The first-order chi connectivity index (χ1) is 8.93. The van der Waals surface area contributed by atoms with Crippen LogP contribution >= 0.6 is 19.2 Å². The van der Waals surface area contributed by atoms with Crippen molar-refractivity contribution in [2.24, 2.45) is 0 Å². The van der Waals surface area contributed by atoms with Gasteiger partial charge in [0.05, 0.1) is 13.2 Å². The molecule has 1 aromatic carbocycles. The Morgan fingerprint density at radius 3 is 2.16 bits per heavy atom. The number of benzene rings is 1. The molecule has 1 atom stereocenters. The molecule has 0 bridgehead atoms. The maximum absolute atomic E-state index is 14.9. The van der Waals surface area contributed by atoms with E-state index >= 15 is 0 Å². The second-order valence-electron chi connectivity index (χ2n) is 3.57. The van der Waals surface area contributed by atoms with Crippen molar-refractivity contribution in [3.63, 3.8) is 0 Å². The van der Waals surface area contributed by atoms with Crippen LogP contribution in [0.5, 0.6) is 0 Å². The number of halogens is 2. The van der Waals surface area contributed by atoms with Gasteiger partial charge in [-0.1, -0.05) is 23.7 Å². The number of hydrogen-bond donors (Lipinski definition) is 0. The molecule has 7 heteroatoms. The Kier molecular flexibility index (Phi) is 5.51. The lowest BCUT2D eigenvalue weighted by Crippen LogP contribution is -2.21. The summed E-state index contributed by atoms with van der Waals surface area (Å²) in [5.74, 6) is 0. The van der Waals surface area contributed by atoms with Gasteiger partial charge >= 0.3 is 13.0 Å². The highest BCUT2D eigenvalue weighted by atomic mass is 35.5. The number of rotatable bonds is 6. The van der Waals surface area contributed by atoms with E-state index in [4.69, 9.17) is 25.9 Å². The molecule has 0 amide bonds. The van der Waals surface area contributed by atoms with Crippen LogP contribution in [0.1, 0.15) is 19.4 Å². The van der Waals surface area contributed by atoms with Crippen molar-refractivity contribution in [1.29, 1.82) is 5.26 Å². The minimum atomic E-state index is -4.25. The van der Waals surface area contributed by atoms with Crippen LogP contribution < -0.4 is 0 Å². The molecule has 0 radical (unpaired) electrons. The Morgan fingerprint density at radius 2 is 1.79 bits per heavy atom. The molecule has 1 rings (SSSR count). The quantitative estimate of drug-likeness (QED) is 0.737. The summed E-state index contributed by atoms with van der Waals surface area (Å²) in [4.78, 5) is 0. The SMILES string of the molecule is CCOP(=O)(OCC)C(F)(C#N)c1ccc(Cl)cc1. The molecular weight excluding hydrogens is 292 g/mol. The van der Waals surface area contributed by atoms with Crippen molar-refractivity contribution in [3.8, 4) is 6.07 Å². The molecule has 0 heterocycles. The van der Waals surface area contributed by atoms with Crippen molar-refractivity contribution < 1.29 is 18.0 Å². The van der Waals surface area contributed by atoms with Gasteiger partial charge in [-0.2, -0.15) is 5.26 Å². The third-order valence-electron chi connectivity index (χ3n) is 2.35. The fourth-order valence-corrected chi connectivity index (χ4v) is 3.33. The van der Waals surface area contributed by atoms with Crippen molar-refractivity contribution in [2.75, 3.05) is 13.2 Å². The highest BCUT2D eigenvalue weighted by molar-refractivity contribution is 7.55. The van der Waals surface area contributed by atoms with E-state index < -0.39 is 13.0 Å². The third-order valence-corrected chi connectivity index (χ3v) is 4.91. The van der Waals surface area contributed by atoms with Crippen molar-refractivity contribution >= 4 is 19.2 Å². The predicted octanol–water partition coefficient (Wildman–Crippen LogP) is 4.25. The molecule has 0 saturated carbocycles. The summed E-state index contributed by atoms with van der Waals surface area (Å²) in [5.41, 5.74) is -0.107. The zero-order chi connectivity index (χ0) is 14.5. The molecule has 0 aromatic heterocycles. The number of alkyl halides is 1. The average Bonchev–Trinajstić information content (AvgIpc) is 2.39. The van der Waals surface area contributed by atoms with Gasteiger partial charge in [-0.05, 0) is 26.0 Å². The van der Waals surface area contributed by atoms with Gasteiger partial charge in [-0.25, -0.2) is 4.39 Å². The molecule has 4 nitrogen and oxygen atoms in total. The van der Waals surface area contributed by atoms with Gasteiger partial charge in [-0.15, -0.1) is 0 Å². The Hall–Kier alpha value is -0.920. The second-order valence-corrected chi connectivity index (χ2v) is 6.14. The Morgan fingerprint density at radius 1 is 1.32 bits per heavy atom. The molecule has 104 valence electrons. The summed E-state index contributed by atoms with van der Waals surface area (Å²) in [6.45, 7) is 3.03. The van der Waals surface area contributed by atoms with Gasteiger partial charge < -0.3 is 9.05 Å². The van der Waals surface area contributed by atoms with Gasteiger partial charge in [0.15, 0.2) is 0 Å². The topological polar surface area (TPSA) is 59.3 Å². The molecule has 0 N–H and O–H groups in total. The minimum absolute atomic E-state index is 0.0295. The van der Waals surface area contributed by atoms with E-state index in [-0.39, 0.29) is 18.8 Å². The third kappa shape index (κ3) is 3.16. The van der Waals surface area contributed by atoms with Gasteiger partial charge in [0.1, 0.15) is 6.07 Å². The van der Waals surface area contributed by atoms with Crippen LogP contribution in [0.25, 0.3) is 0 Å². The number of hydrogen-bond acceptors (Lipinski definition) is 4. The second kappa shape index (κ2) is 6.49. The Labute approximate surface area is 116 Å².